The van der Waals surface area contributed by atoms with Gasteiger partial charge in [0.05, 0.1) is 0 Å². The Balaban J connectivity index is 2.45. The van der Waals surface area contributed by atoms with Gasteiger partial charge in [0, 0.05) is 28.9 Å². The first-order chi connectivity index (χ1) is 10.2. The summed E-state index contributed by atoms with van der Waals surface area (Å²) in [5.41, 5.74) is 0.893. The van der Waals surface area contributed by atoms with E-state index in [2.05, 4.69) is 37.5 Å². The molecule has 0 radical (unpaired) electrons. The molecule has 5 heteroatoms. The Hall–Kier alpha value is -1.07. The number of aryl methyl sites for hydroxylation is 2. The van der Waals surface area contributed by atoms with E-state index in [4.69, 9.17) is 4.74 Å². The van der Waals surface area contributed by atoms with Gasteiger partial charge in [-0.05, 0) is 52.7 Å². The molecule has 0 fully saturated rings. The quantitative estimate of drug-likeness (QED) is 0.791. The van der Waals surface area contributed by atoms with Crippen molar-refractivity contribution in [1.29, 1.82) is 0 Å². The minimum atomic E-state index is -0.455. The van der Waals surface area contributed by atoms with Crippen LogP contribution in [0.4, 0.5) is 4.79 Å². The largest absolute Gasteiger partial charge is 0.444 e. The third-order valence-electron chi connectivity index (χ3n) is 3.25. The van der Waals surface area contributed by atoms with Crippen LogP contribution in [-0.4, -0.2) is 24.3 Å². The van der Waals surface area contributed by atoms with Crippen LogP contribution in [-0.2, 0) is 11.3 Å². The zero-order valence-electron chi connectivity index (χ0n) is 14.7. The maximum Gasteiger partial charge on any atom is 0.407 e. The maximum atomic E-state index is 11.7. The summed E-state index contributed by atoms with van der Waals surface area (Å²) in [6.45, 7) is 13.5. The molecule has 0 bridgehead atoms. The summed E-state index contributed by atoms with van der Waals surface area (Å²) >= 11 is 1.83. The van der Waals surface area contributed by atoms with Crippen LogP contribution in [0.25, 0.3) is 0 Å². The van der Waals surface area contributed by atoms with Gasteiger partial charge < -0.3 is 15.4 Å². The van der Waals surface area contributed by atoms with Crippen molar-refractivity contribution in [2.75, 3.05) is 6.54 Å². The van der Waals surface area contributed by atoms with Gasteiger partial charge in [-0.3, -0.25) is 0 Å². The van der Waals surface area contributed by atoms with E-state index in [0.717, 1.165) is 19.4 Å². The number of hydrogen-bond acceptors (Lipinski definition) is 4. The standard InChI is InChI=1S/C17H30N2O2S/c1-7-8-15(11-19-16(20)21-17(4,5)6)18-10-14-9-12(2)22-13(14)3/h9,15,18H,7-8,10-11H2,1-6H3,(H,19,20). The Labute approximate surface area is 138 Å². The Morgan fingerprint density at radius 2 is 2.05 bits per heavy atom. The monoisotopic (exact) mass is 326 g/mol. The van der Waals surface area contributed by atoms with E-state index in [1.54, 1.807) is 0 Å². The van der Waals surface area contributed by atoms with Gasteiger partial charge in [-0.25, -0.2) is 4.79 Å². The number of nitrogens with one attached hydrogen (secondary N) is 2. The molecule has 0 aliphatic rings. The molecule has 1 amide bonds. The van der Waals surface area contributed by atoms with Gasteiger partial charge >= 0.3 is 6.09 Å². The number of rotatable bonds is 7. The van der Waals surface area contributed by atoms with Gasteiger partial charge in [-0.2, -0.15) is 0 Å². The van der Waals surface area contributed by atoms with Crippen molar-refractivity contribution in [1.82, 2.24) is 10.6 Å². The lowest BCUT2D eigenvalue weighted by Crippen LogP contribution is -2.42. The van der Waals surface area contributed by atoms with E-state index in [9.17, 15) is 4.79 Å². The summed E-state index contributed by atoms with van der Waals surface area (Å²) in [6.07, 6.45) is 1.76. The average molecular weight is 327 g/mol. The second-order valence-electron chi connectivity index (χ2n) is 6.69. The molecule has 0 saturated heterocycles. The van der Waals surface area contributed by atoms with Crippen molar-refractivity contribution >= 4 is 17.4 Å². The van der Waals surface area contributed by atoms with Crippen LogP contribution in [0.3, 0.4) is 0 Å². The summed E-state index contributed by atoms with van der Waals surface area (Å²) in [7, 11) is 0. The van der Waals surface area contributed by atoms with Crippen LogP contribution < -0.4 is 10.6 Å². The maximum absolute atomic E-state index is 11.7. The second kappa shape index (κ2) is 8.53. The first-order valence-electron chi connectivity index (χ1n) is 7.97. The zero-order chi connectivity index (χ0) is 16.8. The topological polar surface area (TPSA) is 50.4 Å². The molecule has 0 saturated carbocycles. The molecule has 0 aliphatic carbocycles. The van der Waals surface area contributed by atoms with E-state index in [0.29, 0.717) is 6.54 Å². The van der Waals surface area contributed by atoms with E-state index >= 15 is 0 Å². The molecule has 1 aromatic heterocycles. The molecule has 0 aliphatic heterocycles. The first kappa shape index (κ1) is 19.0. The normalized spacial score (nSPS) is 13.0. The minimum Gasteiger partial charge on any atom is -0.444 e. The zero-order valence-corrected chi connectivity index (χ0v) is 15.5. The predicted octanol–water partition coefficient (Wildman–Crippen LogP) is 4.15. The fourth-order valence-electron chi connectivity index (χ4n) is 2.26. The summed E-state index contributed by atoms with van der Waals surface area (Å²) < 4.78 is 5.28. The number of amides is 1. The summed E-state index contributed by atoms with van der Waals surface area (Å²) in [5.74, 6) is 0. The van der Waals surface area contributed by atoms with Crippen molar-refractivity contribution < 1.29 is 9.53 Å². The van der Waals surface area contributed by atoms with Crippen molar-refractivity contribution in [3.63, 3.8) is 0 Å². The molecule has 1 unspecified atom stereocenters. The Morgan fingerprint density at radius 3 is 2.55 bits per heavy atom. The highest BCUT2D eigenvalue weighted by Crippen LogP contribution is 2.20. The summed E-state index contributed by atoms with van der Waals surface area (Å²) in [4.78, 5) is 14.4. The van der Waals surface area contributed by atoms with Crippen LogP contribution in [0.15, 0.2) is 6.07 Å². The molecule has 1 heterocycles. The molecule has 126 valence electrons. The molecular formula is C17H30N2O2S. The van der Waals surface area contributed by atoms with E-state index in [1.165, 1.54) is 15.3 Å². The molecule has 1 aromatic rings. The third-order valence-corrected chi connectivity index (χ3v) is 4.26. The van der Waals surface area contributed by atoms with Gasteiger partial charge in [0.15, 0.2) is 0 Å². The fourth-order valence-corrected chi connectivity index (χ4v) is 3.21. The van der Waals surface area contributed by atoms with Crippen LogP contribution in [0.5, 0.6) is 0 Å². The van der Waals surface area contributed by atoms with Crippen molar-refractivity contribution in [3.8, 4) is 0 Å². The number of carbonyl (C=O) groups excluding carboxylic acids is 1. The second-order valence-corrected chi connectivity index (χ2v) is 8.15. The Kier molecular flexibility index (Phi) is 7.36. The molecule has 0 aromatic carbocycles. The average Bonchev–Trinajstić information content (AvgIpc) is 2.69. The fraction of sp³-hybridized carbons (Fsp3) is 0.706. The number of thiophene rings is 1. The van der Waals surface area contributed by atoms with E-state index in [-0.39, 0.29) is 12.1 Å². The van der Waals surface area contributed by atoms with E-state index < -0.39 is 5.60 Å². The summed E-state index contributed by atoms with van der Waals surface area (Å²) in [6, 6.07) is 2.49. The highest BCUT2D eigenvalue weighted by molar-refractivity contribution is 7.12. The van der Waals surface area contributed by atoms with Gasteiger partial charge in [-0.15, -0.1) is 11.3 Å². The molecule has 1 rings (SSSR count). The van der Waals surface area contributed by atoms with E-state index in [1.807, 2.05) is 32.1 Å². The lowest BCUT2D eigenvalue weighted by molar-refractivity contribution is 0.0521. The molecule has 2 N–H and O–H groups in total. The number of ether oxygens (including phenoxy) is 1. The number of hydrogen-bond donors (Lipinski definition) is 2. The van der Waals surface area contributed by atoms with Crippen LogP contribution in [0.1, 0.15) is 55.9 Å². The van der Waals surface area contributed by atoms with Gasteiger partial charge in [0.2, 0.25) is 0 Å². The van der Waals surface area contributed by atoms with Crippen LogP contribution >= 0.6 is 11.3 Å². The highest BCUT2D eigenvalue weighted by Gasteiger charge is 2.17. The highest BCUT2D eigenvalue weighted by atomic mass is 32.1. The lowest BCUT2D eigenvalue weighted by atomic mass is 10.1. The Bertz CT molecular complexity index is 477. The molecule has 4 nitrogen and oxygen atoms in total. The van der Waals surface area contributed by atoms with Crippen molar-refractivity contribution in [2.24, 2.45) is 0 Å². The first-order valence-corrected chi connectivity index (χ1v) is 8.79. The van der Waals surface area contributed by atoms with Gasteiger partial charge in [0.1, 0.15) is 5.60 Å². The molecule has 0 spiro atoms. The predicted molar refractivity (Wildman–Crippen MR) is 93.6 cm³/mol. The molecule has 22 heavy (non-hydrogen) atoms. The third kappa shape index (κ3) is 7.27. The van der Waals surface area contributed by atoms with Gasteiger partial charge in [-0.1, -0.05) is 13.3 Å². The van der Waals surface area contributed by atoms with Crippen molar-refractivity contribution in [2.45, 2.75) is 72.6 Å². The Morgan fingerprint density at radius 1 is 1.36 bits per heavy atom. The SMILES string of the molecule is CCCC(CNC(=O)OC(C)(C)C)NCc1cc(C)sc1C. The van der Waals surface area contributed by atoms with Gasteiger partial charge in [0.25, 0.3) is 0 Å². The number of alkyl carbamates (subject to hydrolysis) is 1. The minimum absolute atomic E-state index is 0.261. The van der Waals surface area contributed by atoms with Crippen LogP contribution in [0, 0.1) is 13.8 Å². The number of carbonyl (C=O) groups is 1. The molecule has 1 atom stereocenters. The smallest absolute Gasteiger partial charge is 0.407 e. The molecular weight excluding hydrogens is 296 g/mol. The summed E-state index contributed by atoms with van der Waals surface area (Å²) in [5, 5.41) is 6.40. The van der Waals surface area contributed by atoms with Crippen LogP contribution in [0.2, 0.25) is 0 Å². The van der Waals surface area contributed by atoms with Crippen molar-refractivity contribution in [3.05, 3.63) is 21.4 Å². The lowest BCUT2D eigenvalue weighted by Gasteiger charge is -2.22.